The molecule has 0 spiro atoms. The molecule has 1 saturated carbocycles. The van der Waals surface area contributed by atoms with Gasteiger partial charge in [-0.1, -0.05) is 30.6 Å². The number of benzene rings is 1. The van der Waals surface area contributed by atoms with Crippen molar-refractivity contribution in [3.05, 3.63) is 55.1 Å². The van der Waals surface area contributed by atoms with Crippen LogP contribution in [0.25, 0.3) is 5.70 Å². The number of hydrogen-bond donors (Lipinski definition) is 5. The largest absolute Gasteiger partial charge is 0.396 e. The van der Waals surface area contributed by atoms with E-state index in [-0.39, 0.29) is 12.3 Å². The number of alkyl halides is 2. The summed E-state index contributed by atoms with van der Waals surface area (Å²) in [4.78, 5) is 11.8. The Bertz CT molecular complexity index is 808. The number of rotatable bonds is 7. The van der Waals surface area contributed by atoms with Crippen LogP contribution < -0.4 is 10.8 Å². The first-order valence-electron chi connectivity index (χ1n) is 10.3. The summed E-state index contributed by atoms with van der Waals surface area (Å²) >= 11 is 0. The van der Waals surface area contributed by atoms with E-state index in [0.29, 0.717) is 17.4 Å². The predicted octanol–water partition coefficient (Wildman–Crippen LogP) is 3.09. The molecule has 0 aromatic heterocycles. The first-order valence-corrected chi connectivity index (χ1v) is 10.3. The van der Waals surface area contributed by atoms with E-state index in [9.17, 15) is 23.8 Å². The molecular formula is C24H32F2N2O4. The van der Waals surface area contributed by atoms with Gasteiger partial charge in [-0.2, -0.15) is 0 Å². The number of halogens is 2. The van der Waals surface area contributed by atoms with Crippen LogP contribution in [0.3, 0.4) is 0 Å². The summed E-state index contributed by atoms with van der Waals surface area (Å²) in [5.41, 5.74) is -0.0207. The van der Waals surface area contributed by atoms with Gasteiger partial charge < -0.3 is 15.5 Å². The molecule has 6 nitrogen and oxygen atoms in total. The van der Waals surface area contributed by atoms with Crippen LogP contribution in [-0.4, -0.2) is 46.0 Å². The SMILES string of the molecule is C=C.C=C(NC(C(=O)NO)C(C)(O)C(F)F)c1ccc(C#CC2CCC(CO)CC2)cc1. The normalized spacial score (nSPS) is 20.5. The minimum atomic E-state index is -3.23. The summed E-state index contributed by atoms with van der Waals surface area (Å²) in [7, 11) is 0. The molecule has 0 saturated heterocycles. The fraction of sp³-hybridized carbons (Fsp3) is 0.458. The first-order chi connectivity index (χ1) is 15.2. The Hall–Kier alpha value is -2.73. The van der Waals surface area contributed by atoms with E-state index in [0.717, 1.165) is 38.2 Å². The van der Waals surface area contributed by atoms with Crippen molar-refractivity contribution in [3.63, 3.8) is 0 Å². The minimum absolute atomic E-state index is 0.131. The Kier molecular flexibility index (Phi) is 11.1. The smallest absolute Gasteiger partial charge is 0.269 e. The molecular weight excluding hydrogens is 418 g/mol. The van der Waals surface area contributed by atoms with Gasteiger partial charge in [-0.15, -0.1) is 13.2 Å². The van der Waals surface area contributed by atoms with Gasteiger partial charge in [0.05, 0.1) is 0 Å². The van der Waals surface area contributed by atoms with Crippen molar-refractivity contribution in [1.29, 1.82) is 0 Å². The number of amides is 1. The lowest BCUT2D eigenvalue weighted by Crippen LogP contribution is -2.59. The third kappa shape index (κ3) is 7.45. The van der Waals surface area contributed by atoms with Crippen molar-refractivity contribution in [1.82, 2.24) is 10.8 Å². The highest BCUT2D eigenvalue weighted by Crippen LogP contribution is 2.28. The van der Waals surface area contributed by atoms with Crippen LogP contribution in [0.2, 0.25) is 0 Å². The molecule has 5 N–H and O–H groups in total. The standard InChI is InChI=1S/C22H28F2N2O4.C2H4/c1-14(25-19(20(28)26-30)22(2,29)21(23)24)18-11-9-16(10-12-18)4-3-15-5-7-17(13-27)8-6-15;1-2/h9-12,15,17,19,21,25,27,29-30H,1,5-8,13H2,2H3,(H,26,28);1-2H2. The monoisotopic (exact) mass is 450 g/mol. The van der Waals surface area contributed by atoms with E-state index in [1.165, 1.54) is 5.48 Å². The average Bonchev–Trinajstić information content (AvgIpc) is 2.82. The van der Waals surface area contributed by atoms with E-state index in [1.54, 1.807) is 24.3 Å². The highest BCUT2D eigenvalue weighted by molar-refractivity contribution is 5.84. The van der Waals surface area contributed by atoms with E-state index in [4.69, 9.17) is 5.21 Å². The van der Waals surface area contributed by atoms with Gasteiger partial charge in [-0.3, -0.25) is 10.0 Å². The highest BCUT2D eigenvalue weighted by atomic mass is 19.3. The van der Waals surface area contributed by atoms with E-state index in [1.807, 2.05) is 0 Å². The maximum Gasteiger partial charge on any atom is 0.269 e. The van der Waals surface area contributed by atoms with Crippen molar-refractivity contribution in [2.75, 3.05) is 6.61 Å². The van der Waals surface area contributed by atoms with Gasteiger partial charge in [0, 0.05) is 23.8 Å². The van der Waals surface area contributed by atoms with Gasteiger partial charge in [0.2, 0.25) is 0 Å². The summed E-state index contributed by atoms with van der Waals surface area (Å²) in [6, 6.07) is 5.03. The van der Waals surface area contributed by atoms with E-state index < -0.39 is 24.0 Å². The summed E-state index contributed by atoms with van der Waals surface area (Å²) < 4.78 is 26.3. The second kappa shape index (κ2) is 13.0. The number of aliphatic hydroxyl groups excluding tert-OH is 1. The maximum absolute atomic E-state index is 13.1. The number of aliphatic hydroxyl groups is 2. The minimum Gasteiger partial charge on any atom is -0.396 e. The van der Waals surface area contributed by atoms with Crippen LogP contribution in [-0.2, 0) is 4.79 Å². The quantitative estimate of drug-likeness (QED) is 0.190. The zero-order chi connectivity index (χ0) is 24.3. The molecule has 1 aliphatic carbocycles. The Labute approximate surface area is 188 Å². The van der Waals surface area contributed by atoms with Gasteiger partial charge in [0.15, 0.2) is 5.60 Å². The Morgan fingerprint density at radius 1 is 1.22 bits per heavy atom. The molecule has 8 heteroatoms. The van der Waals surface area contributed by atoms with Crippen molar-refractivity contribution < 1.29 is 29.0 Å². The van der Waals surface area contributed by atoms with Crippen LogP contribution in [0.5, 0.6) is 0 Å². The van der Waals surface area contributed by atoms with E-state index >= 15 is 0 Å². The molecule has 1 fully saturated rings. The van der Waals surface area contributed by atoms with Crippen molar-refractivity contribution in [2.24, 2.45) is 11.8 Å². The molecule has 0 radical (unpaired) electrons. The molecule has 0 aliphatic heterocycles. The Balaban J connectivity index is 0.00000249. The number of carbonyl (C=O) groups is 1. The molecule has 2 unspecified atom stereocenters. The topological polar surface area (TPSA) is 102 Å². The zero-order valence-corrected chi connectivity index (χ0v) is 18.3. The fourth-order valence-electron chi connectivity index (χ4n) is 3.35. The number of carbonyl (C=O) groups excluding carboxylic acids is 1. The van der Waals surface area contributed by atoms with Crippen LogP contribution in [0.1, 0.15) is 43.7 Å². The van der Waals surface area contributed by atoms with E-state index in [2.05, 4.69) is 36.9 Å². The lowest BCUT2D eigenvalue weighted by atomic mass is 9.83. The van der Waals surface area contributed by atoms with Crippen molar-refractivity contribution >= 4 is 11.6 Å². The lowest BCUT2D eigenvalue weighted by Gasteiger charge is -2.32. The molecule has 0 bridgehead atoms. The Morgan fingerprint density at radius 3 is 2.25 bits per heavy atom. The molecule has 176 valence electrons. The molecule has 1 aromatic carbocycles. The second-order valence-corrected chi connectivity index (χ2v) is 7.81. The zero-order valence-electron chi connectivity index (χ0n) is 18.3. The maximum atomic E-state index is 13.1. The second-order valence-electron chi connectivity index (χ2n) is 7.81. The van der Waals surface area contributed by atoms with Crippen LogP contribution in [0, 0.1) is 23.7 Å². The number of hydrogen-bond acceptors (Lipinski definition) is 5. The summed E-state index contributed by atoms with van der Waals surface area (Å²) in [5, 5.41) is 30.4. The number of nitrogens with one attached hydrogen (secondary N) is 2. The van der Waals surface area contributed by atoms with Gasteiger partial charge in [-0.25, -0.2) is 14.3 Å². The molecule has 2 rings (SSSR count). The fourth-order valence-corrected chi connectivity index (χ4v) is 3.35. The molecule has 32 heavy (non-hydrogen) atoms. The summed E-state index contributed by atoms with van der Waals surface area (Å²) in [6.45, 7) is 10.8. The van der Waals surface area contributed by atoms with Gasteiger partial charge in [0.1, 0.15) is 6.04 Å². The summed E-state index contributed by atoms with van der Waals surface area (Å²) in [6.07, 6.45) is 0.659. The predicted molar refractivity (Wildman–Crippen MR) is 120 cm³/mol. The van der Waals surface area contributed by atoms with Crippen LogP contribution in [0.4, 0.5) is 8.78 Å². The van der Waals surface area contributed by atoms with Crippen LogP contribution in [0.15, 0.2) is 44.0 Å². The average molecular weight is 451 g/mol. The molecule has 1 aromatic rings. The Morgan fingerprint density at radius 2 is 1.78 bits per heavy atom. The molecule has 0 heterocycles. The van der Waals surface area contributed by atoms with Gasteiger partial charge in [0.25, 0.3) is 12.3 Å². The van der Waals surface area contributed by atoms with Crippen LogP contribution >= 0.6 is 0 Å². The van der Waals surface area contributed by atoms with Gasteiger partial charge in [-0.05, 0) is 56.2 Å². The van der Waals surface area contributed by atoms with Crippen molar-refractivity contribution in [2.45, 2.75) is 50.7 Å². The lowest BCUT2D eigenvalue weighted by molar-refractivity contribution is -0.149. The third-order valence-corrected chi connectivity index (χ3v) is 5.48. The highest BCUT2D eigenvalue weighted by Gasteiger charge is 2.45. The molecule has 2 atom stereocenters. The number of hydroxylamine groups is 1. The van der Waals surface area contributed by atoms with Gasteiger partial charge >= 0.3 is 0 Å². The third-order valence-electron chi connectivity index (χ3n) is 5.48. The molecule has 1 amide bonds. The summed E-state index contributed by atoms with van der Waals surface area (Å²) in [5.74, 6) is 5.85. The first kappa shape index (κ1) is 27.3. The molecule has 1 aliphatic rings. The van der Waals surface area contributed by atoms with Crippen molar-refractivity contribution in [3.8, 4) is 11.8 Å².